The summed E-state index contributed by atoms with van der Waals surface area (Å²) in [6, 6.07) is 0. The quantitative estimate of drug-likeness (QED) is 0.616. The lowest BCUT2D eigenvalue weighted by molar-refractivity contribution is -0.164. The highest BCUT2D eigenvalue weighted by atomic mass is 16.5. The molecule has 3 nitrogen and oxygen atoms in total. The van der Waals surface area contributed by atoms with Crippen LogP contribution < -0.4 is 0 Å². The van der Waals surface area contributed by atoms with Crippen LogP contribution in [-0.2, 0) is 14.3 Å². The van der Waals surface area contributed by atoms with Gasteiger partial charge in [-0.15, -0.1) is 0 Å². The van der Waals surface area contributed by atoms with Gasteiger partial charge in [0.15, 0.2) is 5.78 Å². The number of hydrogen-bond donors (Lipinski definition) is 0. The summed E-state index contributed by atoms with van der Waals surface area (Å²) in [5.74, 6) is 2.43. The molecule has 150 valence electrons. The fraction of sp³-hybridized carbons (Fsp3) is 0.833. The first kappa shape index (κ1) is 19.2. The first-order valence-electron chi connectivity index (χ1n) is 11.2. The standard InChI is InChI=1S/C24H36O3/c1-5-15(2)22(26)27-21-9-8-19-18-7-6-16-14-17(25)10-12-23(16,3)20(18)11-13-24(19,21)4/h14-15,18-21H,5-13H2,1-4H3. The molecule has 0 aliphatic heterocycles. The van der Waals surface area contributed by atoms with E-state index in [-0.39, 0.29) is 28.8 Å². The van der Waals surface area contributed by atoms with Gasteiger partial charge < -0.3 is 4.74 Å². The van der Waals surface area contributed by atoms with Gasteiger partial charge in [-0.2, -0.15) is 0 Å². The number of carbonyl (C=O) groups excluding carboxylic acids is 2. The summed E-state index contributed by atoms with van der Waals surface area (Å²) in [7, 11) is 0. The molecule has 0 N–H and O–H groups in total. The van der Waals surface area contributed by atoms with Crippen LogP contribution in [0.5, 0.6) is 0 Å². The minimum Gasteiger partial charge on any atom is -0.462 e. The van der Waals surface area contributed by atoms with Gasteiger partial charge in [0.2, 0.25) is 0 Å². The van der Waals surface area contributed by atoms with Crippen molar-refractivity contribution in [3.63, 3.8) is 0 Å². The predicted octanol–water partition coefficient (Wildman–Crippen LogP) is 5.48. The minimum atomic E-state index is -0.00174. The molecule has 0 aromatic heterocycles. The van der Waals surface area contributed by atoms with Crippen LogP contribution in [0, 0.1) is 34.5 Å². The van der Waals surface area contributed by atoms with Crippen molar-refractivity contribution < 1.29 is 14.3 Å². The molecule has 4 rings (SSSR count). The van der Waals surface area contributed by atoms with Crippen LogP contribution in [0.25, 0.3) is 0 Å². The van der Waals surface area contributed by atoms with E-state index in [4.69, 9.17) is 4.74 Å². The van der Waals surface area contributed by atoms with Gasteiger partial charge in [-0.1, -0.05) is 33.3 Å². The zero-order valence-electron chi connectivity index (χ0n) is 17.6. The third-order valence-electron chi connectivity index (χ3n) is 9.15. The van der Waals surface area contributed by atoms with Gasteiger partial charge in [0, 0.05) is 11.8 Å². The van der Waals surface area contributed by atoms with Crippen molar-refractivity contribution in [3.8, 4) is 0 Å². The third-order valence-corrected chi connectivity index (χ3v) is 9.15. The molecule has 0 spiro atoms. The van der Waals surface area contributed by atoms with Gasteiger partial charge in [0.05, 0.1) is 5.92 Å². The molecule has 7 atom stereocenters. The van der Waals surface area contributed by atoms with Gasteiger partial charge >= 0.3 is 5.97 Å². The maximum Gasteiger partial charge on any atom is 0.308 e. The molecule has 27 heavy (non-hydrogen) atoms. The molecule has 3 heteroatoms. The molecule has 0 saturated heterocycles. The molecular weight excluding hydrogens is 336 g/mol. The lowest BCUT2D eigenvalue weighted by atomic mass is 9.47. The van der Waals surface area contributed by atoms with Crippen molar-refractivity contribution >= 4 is 11.8 Å². The fourth-order valence-corrected chi connectivity index (χ4v) is 7.13. The van der Waals surface area contributed by atoms with Crippen LogP contribution in [0.1, 0.15) is 85.5 Å². The van der Waals surface area contributed by atoms with Crippen LogP contribution in [0.2, 0.25) is 0 Å². The molecule has 0 bridgehead atoms. The number of ether oxygens (including phenoxy) is 1. The summed E-state index contributed by atoms with van der Waals surface area (Å²) in [6.45, 7) is 8.86. The Morgan fingerprint density at radius 2 is 1.93 bits per heavy atom. The molecule has 0 aromatic carbocycles. The Balaban J connectivity index is 1.55. The number of allylic oxidation sites excluding steroid dienone is 1. The highest BCUT2D eigenvalue weighted by Crippen LogP contribution is 2.65. The van der Waals surface area contributed by atoms with E-state index in [1.807, 2.05) is 13.0 Å². The Labute approximate surface area is 164 Å². The van der Waals surface area contributed by atoms with E-state index in [2.05, 4.69) is 20.8 Å². The molecule has 0 aromatic rings. The lowest BCUT2D eigenvalue weighted by Gasteiger charge is -2.57. The molecule has 0 amide bonds. The summed E-state index contributed by atoms with van der Waals surface area (Å²) in [5.41, 5.74) is 1.80. The topological polar surface area (TPSA) is 43.4 Å². The third kappa shape index (κ3) is 2.91. The van der Waals surface area contributed by atoms with Crippen LogP contribution >= 0.6 is 0 Å². The Kier molecular flexibility index (Phi) is 4.79. The predicted molar refractivity (Wildman–Crippen MR) is 106 cm³/mol. The van der Waals surface area contributed by atoms with Gasteiger partial charge in [0.1, 0.15) is 6.10 Å². The average Bonchev–Trinajstić information content (AvgIpc) is 2.98. The molecule has 0 radical (unpaired) electrons. The lowest BCUT2D eigenvalue weighted by Crippen LogP contribution is -2.51. The summed E-state index contributed by atoms with van der Waals surface area (Å²) in [4.78, 5) is 24.4. The number of hydrogen-bond acceptors (Lipinski definition) is 3. The first-order valence-corrected chi connectivity index (χ1v) is 11.2. The van der Waals surface area contributed by atoms with Crippen molar-refractivity contribution in [2.75, 3.05) is 0 Å². The van der Waals surface area contributed by atoms with E-state index >= 15 is 0 Å². The highest BCUT2D eigenvalue weighted by molar-refractivity contribution is 5.91. The zero-order valence-corrected chi connectivity index (χ0v) is 17.6. The van der Waals surface area contributed by atoms with E-state index in [1.54, 1.807) is 0 Å². The van der Waals surface area contributed by atoms with Crippen LogP contribution in [-0.4, -0.2) is 17.9 Å². The number of ketones is 1. The second kappa shape index (κ2) is 6.74. The minimum absolute atomic E-state index is 0.00174. The monoisotopic (exact) mass is 372 g/mol. The van der Waals surface area contributed by atoms with Crippen LogP contribution in [0.3, 0.4) is 0 Å². The Morgan fingerprint density at radius 1 is 1.15 bits per heavy atom. The molecule has 3 fully saturated rings. The number of carbonyl (C=O) groups is 2. The van der Waals surface area contributed by atoms with Gasteiger partial charge in [0.25, 0.3) is 0 Å². The van der Waals surface area contributed by atoms with Gasteiger partial charge in [-0.05, 0) is 80.6 Å². The normalized spacial score (nSPS) is 44.6. The van der Waals surface area contributed by atoms with E-state index in [0.29, 0.717) is 17.6 Å². The van der Waals surface area contributed by atoms with Gasteiger partial charge in [-0.25, -0.2) is 0 Å². The Hall–Kier alpha value is -1.12. The molecule has 7 unspecified atom stereocenters. The maximum atomic E-state index is 12.4. The SMILES string of the molecule is CCC(C)C(=O)OC1CCC2C3CCC4=CC(=O)CCC4(C)C3CCC12C. The van der Waals surface area contributed by atoms with E-state index in [9.17, 15) is 9.59 Å². The van der Waals surface area contributed by atoms with Crippen molar-refractivity contribution in [1.82, 2.24) is 0 Å². The van der Waals surface area contributed by atoms with Crippen LogP contribution in [0.15, 0.2) is 11.6 Å². The summed E-state index contributed by atoms with van der Waals surface area (Å²) in [5, 5.41) is 0. The summed E-state index contributed by atoms with van der Waals surface area (Å²) >= 11 is 0. The van der Waals surface area contributed by atoms with Gasteiger partial charge in [-0.3, -0.25) is 9.59 Å². The number of rotatable bonds is 3. The molecule has 4 aliphatic rings. The molecular formula is C24H36O3. The Morgan fingerprint density at radius 3 is 2.67 bits per heavy atom. The highest BCUT2D eigenvalue weighted by Gasteiger charge is 2.60. The largest absolute Gasteiger partial charge is 0.462 e. The molecule has 4 aliphatic carbocycles. The van der Waals surface area contributed by atoms with Crippen molar-refractivity contribution in [3.05, 3.63) is 11.6 Å². The average molecular weight is 373 g/mol. The smallest absolute Gasteiger partial charge is 0.308 e. The fourth-order valence-electron chi connectivity index (χ4n) is 7.13. The number of esters is 1. The first-order chi connectivity index (χ1) is 12.8. The van der Waals surface area contributed by atoms with E-state index in [0.717, 1.165) is 44.4 Å². The maximum absolute atomic E-state index is 12.4. The molecule has 3 saturated carbocycles. The number of fused-ring (bicyclic) bond motifs is 5. The van der Waals surface area contributed by atoms with E-state index in [1.165, 1.54) is 24.8 Å². The summed E-state index contributed by atoms with van der Waals surface area (Å²) in [6.07, 6.45) is 11.6. The molecule has 0 heterocycles. The second-order valence-corrected chi connectivity index (χ2v) is 10.3. The van der Waals surface area contributed by atoms with Crippen molar-refractivity contribution in [1.29, 1.82) is 0 Å². The summed E-state index contributed by atoms with van der Waals surface area (Å²) < 4.78 is 6.07. The Bertz CT molecular complexity index is 665. The second-order valence-electron chi connectivity index (χ2n) is 10.3. The van der Waals surface area contributed by atoms with E-state index < -0.39 is 0 Å². The van der Waals surface area contributed by atoms with Crippen molar-refractivity contribution in [2.24, 2.45) is 34.5 Å². The zero-order chi connectivity index (χ0) is 19.4. The van der Waals surface area contributed by atoms with Crippen molar-refractivity contribution in [2.45, 2.75) is 91.6 Å². The van der Waals surface area contributed by atoms with Crippen LogP contribution in [0.4, 0.5) is 0 Å².